The Morgan fingerprint density at radius 3 is 2.85 bits per heavy atom. The number of rotatable bonds is 6. The molecule has 0 radical (unpaired) electrons. The second-order valence-electron chi connectivity index (χ2n) is 8.50. The first-order chi connectivity index (χ1) is 15.7. The van der Waals surface area contributed by atoms with Gasteiger partial charge >= 0.3 is 0 Å². The zero-order valence-corrected chi connectivity index (χ0v) is 19.1. The summed E-state index contributed by atoms with van der Waals surface area (Å²) in [7, 11) is 0. The maximum absolute atomic E-state index is 13.0. The number of benzene rings is 1. The number of fused-ring (bicyclic) bond motifs is 1. The Balaban J connectivity index is 1.61. The van der Waals surface area contributed by atoms with E-state index in [1.165, 1.54) is 0 Å². The number of hydrogen-bond donors (Lipinski definition) is 2. The van der Waals surface area contributed by atoms with Gasteiger partial charge in [0.1, 0.15) is 11.2 Å². The Labute approximate surface area is 196 Å². The van der Waals surface area contributed by atoms with E-state index in [2.05, 4.69) is 26.3 Å². The number of nitrogens with one attached hydrogen (secondary N) is 1. The summed E-state index contributed by atoms with van der Waals surface area (Å²) in [5, 5.41) is 23.1. The van der Waals surface area contributed by atoms with Crippen molar-refractivity contribution in [3.63, 3.8) is 0 Å². The fraction of sp³-hybridized carbons (Fsp3) is 0.292. The maximum atomic E-state index is 13.0. The summed E-state index contributed by atoms with van der Waals surface area (Å²) >= 11 is 6.12. The number of nitriles is 1. The molecule has 2 N–H and O–H groups in total. The summed E-state index contributed by atoms with van der Waals surface area (Å²) in [6.07, 6.45) is 3.96. The molecule has 0 saturated carbocycles. The number of carbonyl (C=O) groups excluding carboxylic acids is 1. The van der Waals surface area contributed by atoms with Gasteiger partial charge in [-0.25, -0.2) is 15.0 Å². The fourth-order valence-electron chi connectivity index (χ4n) is 3.74. The van der Waals surface area contributed by atoms with Crippen molar-refractivity contribution in [3.05, 3.63) is 64.6 Å². The van der Waals surface area contributed by atoms with Crippen LogP contribution in [0.5, 0.6) is 0 Å². The summed E-state index contributed by atoms with van der Waals surface area (Å²) in [4.78, 5) is 27.4. The van der Waals surface area contributed by atoms with E-state index in [0.29, 0.717) is 53.1 Å². The second kappa shape index (κ2) is 9.14. The van der Waals surface area contributed by atoms with Crippen LogP contribution in [0.2, 0.25) is 5.15 Å². The Kier molecular flexibility index (Phi) is 6.27. The monoisotopic (exact) mass is 462 g/mol. The molecule has 9 heteroatoms. The van der Waals surface area contributed by atoms with Gasteiger partial charge in [-0.1, -0.05) is 17.7 Å². The minimum atomic E-state index is -0.906. The van der Waals surface area contributed by atoms with Crippen LogP contribution in [-0.2, 0) is 17.6 Å². The van der Waals surface area contributed by atoms with Gasteiger partial charge in [0.2, 0.25) is 11.9 Å². The highest BCUT2D eigenvalue weighted by molar-refractivity contribution is 6.30. The lowest BCUT2D eigenvalue weighted by Crippen LogP contribution is -2.31. The summed E-state index contributed by atoms with van der Waals surface area (Å²) in [5.74, 6) is 0.256. The molecular formula is C24H23ClN6O2. The molecule has 1 aromatic carbocycles. The van der Waals surface area contributed by atoms with Crippen molar-refractivity contribution < 1.29 is 9.90 Å². The number of carbonyl (C=O) groups is 1. The molecule has 168 valence electrons. The number of pyridine rings is 1. The summed E-state index contributed by atoms with van der Waals surface area (Å²) in [5.41, 5.74) is 3.13. The third kappa shape index (κ3) is 5.11. The molecule has 1 amide bonds. The molecule has 33 heavy (non-hydrogen) atoms. The van der Waals surface area contributed by atoms with Gasteiger partial charge in [0.15, 0.2) is 0 Å². The highest BCUT2D eigenvalue weighted by Gasteiger charge is 2.29. The van der Waals surface area contributed by atoms with Crippen molar-refractivity contribution in [3.8, 4) is 17.3 Å². The van der Waals surface area contributed by atoms with E-state index < -0.39 is 5.60 Å². The van der Waals surface area contributed by atoms with Crippen LogP contribution in [0, 0.1) is 11.3 Å². The smallest absolute Gasteiger partial charge is 0.231 e. The van der Waals surface area contributed by atoms with Gasteiger partial charge in [-0.3, -0.25) is 4.79 Å². The Morgan fingerprint density at radius 1 is 1.30 bits per heavy atom. The summed E-state index contributed by atoms with van der Waals surface area (Å²) < 4.78 is 0. The summed E-state index contributed by atoms with van der Waals surface area (Å²) in [6.45, 7) is 4.17. The SMILES string of the molecule is CC(C)(O)CNc1nccc(-c2cc(C#N)c3c(c2)CCN3C(=O)Cc2cccnc2Cl)n1. The van der Waals surface area contributed by atoms with E-state index in [0.717, 1.165) is 11.1 Å². The van der Waals surface area contributed by atoms with Gasteiger partial charge in [0, 0.05) is 31.0 Å². The van der Waals surface area contributed by atoms with Crippen molar-refractivity contribution >= 4 is 29.1 Å². The average molecular weight is 463 g/mol. The molecule has 0 bridgehead atoms. The maximum Gasteiger partial charge on any atom is 0.231 e. The lowest BCUT2D eigenvalue weighted by Gasteiger charge is -2.19. The summed E-state index contributed by atoms with van der Waals surface area (Å²) in [6, 6.07) is 11.2. The third-order valence-electron chi connectivity index (χ3n) is 5.29. The average Bonchev–Trinajstić information content (AvgIpc) is 3.23. The minimum Gasteiger partial charge on any atom is -0.389 e. The Morgan fingerprint density at radius 2 is 2.12 bits per heavy atom. The standard InChI is InChI=1S/C24H23ClN6O2/c1-24(2,33)14-29-23-28-8-5-19(30-23)17-10-15-6-9-31(21(15)18(11-17)13-26)20(32)12-16-4-3-7-27-22(16)25/h3-5,7-8,10-11,33H,6,9,12,14H2,1-2H3,(H,28,29,30). The molecule has 0 atom stereocenters. The topological polar surface area (TPSA) is 115 Å². The highest BCUT2D eigenvalue weighted by atomic mass is 35.5. The molecule has 8 nitrogen and oxygen atoms in total. The molecule has 2 aromatic heterocycles. The van der Waals surface area contributed by atoms with Crippen LogP contribution < -0.4 is 10.2 Å². The van der Waals surface area contributed by atoms with Gasteiger partial charge in [0.05, 0.1) is 29.0 Å². The quantitative estimate of drug-likeness (QED) is 0.539. The number of aromatic nitrogens is 3. The van der Waals surface area contributed by atoms with E-state index in [1.807, 2.05) is 6.07 Å². The van der Waals surface area contributed by atoms with Gasteiger partial charge in [0.25, 0.3) is 0 Å². The van der Waals surface area contributed by atoms with Crippen LogP contribution in [0.15, 0.2) is 42.7 Å². The predicted octanol–water partition coefficient (Wildman–Crippen LogP) is 3.38. The van der Waals surface area contributed by atoms with Gasteiger partial charge in [-0.2, -0.15) is 5.26 Å². The van der Waals surface area contributed by atoms with E-state index in [9.17, 15) is 15.2 Å². The number of nitrogens with zero attached hydrogens (tertiary/aromatic N) is 5. The highest BCUT2D eigenvalue weighted by Crippen LogP contribution is 2.36. The lowest BCUT2D eigenvalue weighted by molar-refractivity contribution is -0.117. The number of anilines is 2. The van der Waals surface area contributed by atoms with Crippen molar-refractivity contribution in [1.82, 2.24) is 15.0 Å². The van der Waals surface area contributed by atoms with Gasteiger partial charge < -0.3 is 15.3 Å². The van der Waals surface area contributed by atoms with Crippen LogP contribution in [0.4, 0.5) is 11.6 Å². The lowest BCUT2D eigenvalue weighted by atomic mass is 10.0. The van der Waals surface area contributed by atoms with E-state index in [4.69, 9.17) is 11.6 Å². The van der Waals surface area contributed by atoms with Crippen LogP contribution in [0.1, 0.15) is 30.5 Å². The first kappa shape index (κ1) is 22.6. The molecule has 3 aromatic rings. The molecule has 0 spiro atoms. The number of aliphatic hydroxyl groups is 1. The molecule has 3 heterocycles. The number of amides is 1. The van der Waals surface area contributed by atoms with Crippen LogP contribution >= 0.6 is 11.6 Å². The van der Waals surface area contributed by atoms with Crippen LogP contribution in [-0.4, -0.2) is 44.7 Å². The van der Waals surface area contributed by atoms with Gasteiger partial charge in [-0.15, -0.1) is 0 Å². The predicted molar refractivity (Wildman–Crippen MR) is 126 cm³/mol. The molecule has 4 rings (SSSR count). The Bertz CT molecular complexity index is 1250. The van der Waals surface area contributed by atoms with E-state index >= 15 is 0 Å². The second-order valence-corrected chi connectivity index (χ2v) is 8.86. The van der Waals surface area contributed by atoms with Crippen molar-refractivity contribution in [2.45, 2.75) is 32.3 Å². The first-order valence-electron chi connectivity index (χ1n) is 10.5. The normalized spacial score (nSPS) is 12.9. The van der Waals surface area contributed by atoms with Crippen LogP contribution in [0.3, 0.4) is 0 Å². The van der Waals surface area contributed by atoms with Gasteiger partial charge in [-0.05, 0) is 55.7 Å². The number of halogens is 1. The molecular weight excluding hydrogens is 440 g/mol. The van der Waals surface area contributed by atoms with E-state index in [-0.39, 0.29) is 12.3 Å². The van der Waals surface area contributed by atoms with Crippen molar-refractivity contribution in [1.29, 1.82) is 5.26 Å². The first-order valence-corrected chi connectivity index (χ1v) is 10.9. The number of hydrogen-bond acceptors (Lipinski definition) is 7. The molecule has 1 aliphatic rings. The zero-order valence-electron chi connectivity index (χ0n) is 18.3. The Hall–Kier alpha value is -3.54. The minimum absolute atomic E-state index is 0.112. The van der Waals surface area contributed by atoms with Crippen LogP contribution in [0.25, 0.3) is 11.3 Å². The molecule has 0 aliphatic carbocycles. The zero-order chi connectivity index (χ0) is 23.6. The molecule has 0 fully saturated rings. The molecule has 0 unspecified atom stereocenters. The third-order valence-corrected chi connectivity index (χ3v) is 5.63. The largest absolute Gasteiger partial charge is 0.389 e. The fourth-order valence-corrected chi connectivity index (χ4v) is 3.93. The molecule has 1 aliphatic heterocycles. The molecule has 0 saturated heterocycles. The van der Waals surface area contributed by atoms with Crippen molar-refractivity contribution in [2.24, 2.45) is 0 Å². The van der Waals surface area contributed by atoms with E-state index in [1.54, 1.807) is 55.4 Å². The van der Waals surface area contributed by atoms with Crippen molar-refractivity contribution in [2.75, 3.05) is 23.3 Å².